The Morgan fingerprint density at radius 3 is 2.77 bits per heavy atom. The number of carbonyl (C=O) groups is 1. The normalized spacial score (nSPS) is 10.6. The van der Waals surface area contributed by atoms with Crippen LogP contribution in [0.25, 0.3) is 10.2 Å². The van der Waals surface area contributed by atoms with Crippen LogP contribution in [0.15, 0.2) is 42.5 Å². The van der Waals surface area contributed by atoms with Gasteiger partial charge in [0.25, 0.3) is 0 Å². The average Bonchev–Trinajstić information content (AvgIpc) is 2.94. The third kappa shape index (κ3) is 3.21. The molecule has 0 unspecified atom stereocenters. The lowest BCUT2D eigenvalue weighted by Crippen LogP contribution is -2.13. The topological polar surface area (TPSA) is 51.2 Å². The third-order valence-corrected chi connectivity index (χ3v) is 4.37. The summed E-state index contributed by atoms with van der Waals surface area (Å²) in [5, 5.41) is 4.45. The molecule has 112 valence electrons. The molecule has 0 amide bonds. The maximum atomic E-state index is 12.1. The number of methoxy groups -OCH3 is 1. The predicted octanol–water partition coefficient (Wildman–Crippen LogP) is 4.25. The Kier molecular flexibility index (Phi) is 4.27. The second-order valence-corrected chi connectivity index (χ2v) is 6.10. The Labute approximate surface area is 136 Å². The molecule has 1 aromatic heterocycles. The van der Waals surface area contributed by atoms with Crippen LogP contribution < -0.4 is 10.1 Å². The van der Waals surface area contributed by atoms with Gasteiger partial charge in [0.1, 0.15) is 5.75 Å². The van der Waals surface area contributed by atoms with E-state index in [4.69, 9.17) is 16.3 Å². The largest absolute Gasteiger partial charge is 0.497 e. The van der Waals surface area contributed by atoms with Crippen LogP contribution in [0.5, 0.6) is 5.75 Å². The summed E-state index contributed by atoms with van der Waals surface area (Å²) in [5.41, 5.74) is 1.51. The first-order valence-corrected chi connectivity index (χ1v) is 7.82. The van der Waals surface area contributed by atoms with Crippen LogP contribution in [0.2, 0.25) is 5.02 Å². The van der Waals surface area contributed by atoms with E-state index in [1.807, 2.05) is 12.1 Å². The van der Waals surface area contributed by atoms with Crippen LogP contribution in [0.3, 0.4) is 0 Å². The van der Waals surface area contributed by atoms with Gasteiger partial charge in [-0.25, -0.2) is 4.98 Å². The summed E-state index contributed by atoms with van der Waals surface area (Å²) >= 11 is 7.43. The number of Topliss-reactive ketones (excluding diaryl/α,β-unsaturated/α-hetero) is 1. The molecule has 3 rings (SSSR count). The summed E-state index contributed by atoms with van der Waals surface area (Å²) in [6.45, 7) is 0.194. The number of fused-ring (bicyclic) bond motifs is 1. The van der Waals surface area contributed by atoms with Crippen molar-refractivity contribution < 1.29 is 9.53 Å². The second-order valence-electron chi connectivity index (χ2n) is 4.64. The molecule has 6 heteroatoms. The van der Waals surface area contributed by atoms with Crippen molar-refractivity contribution >= 4 is 44.1 Å². The predicted molar refractivity (Wildman–Crippen MR) is 90.4 cm³/mol. The van der Waals surface area contributed by atoms with Crippen molar-refractivity contribution in [2.24, 2.45) is 0 Å². The number of rotatable bonds is 5. The molecule has 0 atom stereocenters. The SMILES string of the molecule is COc1ccc(C(=O)CNc2nc3ccc(Cl)cc3s2)cc1. The number of hydrogen-bond acceptors (Lipinski definition) is 5. The average molecular weight is 333 g/mol. The standard InChI is InChI=1S/C16H13ClN2O2S/c1-21-12-5-2-10(3-6-12)14(20)9-18-16-19-13-7-4-11(17)8-15(13)22-16/h2-8H,9H2,1H3,(H,18,19). The molecule has 0 aliphatic rings. The first kappa shape index (κ1) is 14.8. The lowest BCUT2D eigenvalue weighted by atomic mass is 10.1. The van der Waals surface area contributed by atoms with Crippen LogP contribution in [-0.2, 0) is 0 Å². The van der Waals surface area contributed by atoms with Crippen molar-refractivity contribution in [3.63, 3.8) is 0 Å². The monoisotopic (exact) mass is 332 g/mol. The molecule has 0 aliphatic carbocycles. The minimum Gasteiger partial charge on any atom is -0.497 e. The summed E-state index contributed by atoms with van der Waals surface area (Å²) < 4.78 is 6.07. The van der Waals surface area contributed by atoms with Gasteiger partial charge in [-0.1, -0.05) is 22.9 Å². The summed E-state index contributed by atoms with van der Waals surface area (Å²) in [5.74, 6) is 0.729. The summed E-state index contributed by atoms with van der Waals surface area (Å²) in [6.07, 6.45) is 0. The van der Waals surface area contributed by atoms with Crippen LogP contribution in [0, 0.1) is 0 Å². The van der Waals surface area contributed by atoms with Gasteiger partial charge in [0.2, 0.25) is 0 Å². The highest BCUT2D eigenvalue weighted by Gasteiger charge is 2.08. The van der Waals surface area contributed by atoms with Crippen molar-refractivity contribution in [1.82, 2.24) is 4.98 Å². The highest BCUT2D eigenvalue weighted by Crippen LogP contribution is 2.28. The molecule has 0 aliphatic heterocycles. The van der Waals surface area contributed by atoms with E-state index in [2.05, 4.69) is 10.3 Å². The molecule has 0 fully saturated rings. The van der Waals surface area contributed by atoms with Gasteiger partial charge in [-0.2, -0.15) is 0 Å². The molecule has 4 nitrogen and oxygen atoms in total. The van der Waals surface area contributed by atoms with E-state index in [0.29, 0.717) is 15.7 Å². The number of thiazole rings is 1. The molecular formula is C16H13ClN2O2S. The Morgan fingerprint density at radius 2 is 2.05 bits per heavy atom. The van der Waals surface area contributed by atoms with E-state index in [1.54, 1.807) is 37.4 Å². The number of ketones is 1. The number of aromatic nitrogens is 1. The molecule has 0 saturated heterocycles. The van der Waals surface area contributed by atoms with Crippen molar-refractivity contribution in [3.05, 3.63) is 53.1 Å². The summed E-state index contributed by atoms with van der Waals surface area (Å²) in [4.78, 5) is 16.6. The first-order valence-electron chi connectivity index (χ1n) is 6.63. The van der Waals surface area contributed by atoms with Crippen molar-refractivity contribution in [2.45, 2.75) is 0 Å². The zero-order valence-corrected chi connectivity index (χ0v) is 13.4. The van der Waals surface area contributed by atoms with Gasteiger partial charge >= 0.3 is 0 Å². The Morgan fingerprint density at radius 1 is 1.27 bits per heavy atom. The maximum Gasteiger partial charge on any atom is 0.184 e. The first-order chi connectivity index (χ1) is 10.7. The zero-order chi connectivity index (χ0) is 15.5. The molecule has 1 N–H and O–H groups in total. The summed E-state index contributed by atoms with van der Waals surface area (Å²) in [7, 11) is 1.60. The van der Waals surface area contributed by atoms with Gasteiger partial charge in [-0.05, 0) is 42.5 Å². The van der Waals surface area contributed by atoms with Crippen molar-refractivity contribution in [2.75, 3.05) is 19.0 Å². The minimum atomic E-state index is -0.0000541. The minimum absolute atomic E-state index is 0.0000541. The van der Waals surface area contributed by atoms with Gasteiger partial charge < -0.3 is 10.1 Å². The molecule has 2 aromatic carbocycles. The number of halogens is 1. The Balaban J connectivity index is 1.68. The number of hydrogen-bond donors (Lipinski definition) is 1. The number of nitrogens with one attached hydrogen (secondary N) is 1. The Hall–Kier alpha value is -2.11. The molecule has 0 saturated carbocycles. The third-order valence-electron chi connectivity index (χ3n) is 3.16. The van der Waals surface area contributed by atoms with E-state index in [1.165, 1.54) is 11.3 Å². The number of ether oxygens (including phenoxy) is 1. The van der Waals surface area contributed by atoms with Crippen LogP contribution in [-0.4, -0.2) is 24.4 Å². The Bertz CT molecular complexity index is 815. The molecular weight excluding hydrogens is 320 g/mol. The van der Waals surface area contributed by atoms with Gasteiger partial charge in [0, 0.05) is 10.6 Å². The highest BCUT2D eigenvalue weighted by atomic mass is 35.5. The van der Waals surface area contributed by atoms with Crippen LogP contribution in [0.4, 0.5) is 5.13 Å². The van der Waals surface area contributed by atoms with Crippen molar-refractivity contribution in [1.29, 1.82) is 0 Å². The van der Waals surface area contributed by atoms with E-state index in [9.17, 15) is 4.79 Å². The van der Waals surface area contributed by atoms with Gasteiger partial charge in [-0.3, -0.25) is 4.79 Å². The lowest BCUT2D eigenvalue weighted by Gasteiger charge is -2.03. The number of carbonyl (C=O) groups excluding carboxylic acids is 1. The second kappa shape index (κ2) is 6.34. The highest BCUT2D eigenvalue weighted by molar-refractivity contribution is 7.22. The van der Waals surface area contributed by atoms with E-state index < -0.39 is 0 Å². The van der Waals surface area contributed by atoms with E-state index >= 15 is 0 Å². The molecule has 3 aromatic rings. The summed E-state index contributed by atoms with van der Waals surface area (Å²) in [6, 6.07) is 12.6. The molecule has 22 heavy (non-hydrogen) atoms. The fraction of sp³-hybridized carbons (Fsp3) is 0.125. The van der Waals surface area contributed by atoms with Gasteiger partial charge in [0.05, 0.1) is 23.9 Å². The smallest absolute Gasteiger partial charge is 0.184 e. The van der Waals surface area contributed by atoms with Crippen LogP contribution >= 0.6 is 22.9 Å². The van der Waals surface area contributed by atoms with Gasteiger partial charge in [-0.15, -0.1) is 0 Å². The van der Waals surface area contributed by atoms with E-state index in [0.717, 1.165) is 16.0 Å². The fourth-order valence-electron chi connectivity index (χ4n) is 2.01. The molecule has 1 heterocycles. The molecule has 0 radical (unpaired) electrons. The molecule has 0 bridgehead atoms. The fourth-order valence-corrected chi connectivity index (χ4v) is 3.15. The number of benzene rings is 2. The van der Waals surface area contributed by atoms with Crippen LogP contribution in [0.1, 0.15) is 10.4 Å². The lowest BCUT2D eigenvalue weighted by molar-refractivity contribution is 0.101. The number of anilines is 1. The van der Waals surface area contributed by atoms with Gasteiger partial charge in [0.15, 0.2) is 10.9 Å². The number of nitrogens with zero attached hydrogens (tertiary/aromatic N) is 1. The quantitative estimate of drug-likeness (QED) is 0.709. The molecule has 0 spiro atoms. The van der Waals surface area contributed by atoms with E-state index in [-0.39, 0.29) is 12.3 Å². The maximum absolute atomic E-state index is 12.1. The van der Waals surface area contributed by atoms with Crippen molar-refractivity contribution in [3.8, 4) is 5.75 Å². The zero-order valence-electron chi connectivity index (χ0n) is 11.8.